The standard InChI is InChI=1S/C29H35N3O7/c1-36-24-11-10-21(17-25(24)37-2)27(34)31-14-12-29(13-15-31)32(28(35)20-7-4-3-5-8-20)23(19-39-29)26(33)30-18-22-9-6-16-38-22/h3-5,7-8,10-11,17,22-23H,6,9,12-16,18-19H2,1-2H3,(H,30,33). The Morgan fingerprint density at radius 1 is 0.974 bits per heavy atom. The summed E-state index contributed by atoms with van der Waals surface area (Å²) >= 11 is 0. The number of methoxy groups -OCH3 is 2. The van der Waals surface area contributed by atoms with Crippen molar-refractivity contribution in [2.45, 2.75) is 43.6 Å². The zero-order valence-corrected chi connectivity index (χ0v) is 22.4. The van der Waals surface area contributed by atoms with Crippen molar-refractivity contribution in [2.75, 3.05) is 47.1 Å². The van der Waals surface area contributed by atoms with Crippen molar-refractivity contribution in [3.63, 3.8) is 0 Å². The van der Waals surface area contributed by atoms with E-state index in [1.165, 1.54) is 7.11 Å². The molecule has 10 heteroatoms. The number of likely N-dealkylation sites (tertiary alicyclic amines) is 1. The molecular formula is C29H35N3O7. The van der Waals surface area contributed by atoms with E-state index in [0.717, 1.165) is 12.8 Å². The Bertz CT molecular complexity index is 1190. The fraction of sp³-hybridized carbons (Fsp3) is 0.483. The molecule has 1 N–H and O–H groups in total. The van der Waals surface area contributed by atoms with Crippen LogP contribution < -0.4 is 14.8 Å². The molecule has 3 amide bonds. The lowest BCUT2D eigenvalue weighted by molar-refractivity contribution is -0.128. The zero-order chi connectivity index (χ0) is 27.4. The third-order valence-electron chi connectivity index (χ3n) is 7.79. The first-order valence-electron chi connectivity index (χ1n) is 13.4. The topological polar surface area (TPSA) is 107 Å². The van der Waals surface area contributed by atoms with Gasteiger partial charge in [-0.3, -0.25) is 19.3 Å². The van der Waals surface area contributed by atoms with E-state index in [0.29, 0.717) is 61.7 Å². The van der Waals surface area contributed by atoms with Crippen molar-refractivity contribution in [1.82, 2.24) is 15.1 Å². The van der Waals surface area contributed by atoms with Crippen LogP contribution in [0.15, 0.2) is 48.5 Å². The first-order valence-corrected chi connectivity index (χ1v) is 13.4. The number of hydrogen-bond donors (Lipinski definition) is 1. The summed E-state index contributed by atoms with van der Waals surface area (Å²) in [5, 5.41) is 2.97. The van der Waals surface area contributed by atoms with Crippen molar-refractivity contribution in [2.24, 2.45) is 0 Å². The maximum atomic E-state index is 13.8. The summed E-state index contributed by atoms with van der Waals surface area (Å²) in [6, 6.07) is 13.2. The molecule has 3 fully saturated rings. The van der Waals surface area contributed by atoms with E-state index in [4.69, 9.17) is 18.9 Å². The van der Waals surface area contributed by atoms with Gasteiger partial charge in [0.1, 0.15) is 11.8 Å². The minimum Gasteiger partial charge on any atom is -0.493 e. The van der Waals surface area contributed by atoms with Gasteiger partial charge >= 0.3 is 0 Å². The predicted molar refractivity (Wildman–Crippen MR) is 142 cm³/mol. The molecule has 2 atom stereocenters. The first kappa shape index (κ1) is 27.0. The molecule has 2 aromatic rings. The van der Waals surface area contributed by atoms with Crippen molar-refractivity contribution < 1.29 is 33.3 Å². The van der Waals surface area contributed by atoms with E-state index < -0.39 is 11.8 Å². The Morgan fingerprint density at radius 3 is 2.38 bits per heavy atom. The van der Waals surface area contributed by atoms with Gasteiger partial charge in [-0.15, -0.1) is 0 Å². The van der Waals surface area contributed by atoms with Crippen LogP contribution >= 0.6 is 0 Å². The van der Waals surface area contributed by atoms with Crippen molar-refractivity contribution >= 4 is 17.7 Å². The molecule has 0 saturated carbocycles. The highest BCUT2D eigenvalue weighted by atomic mass is 16.5. The third kappa shape index (κ3) is 5.44. The third-order valence-corrected chi connectivity index (χ3v) is 7.79. The second-order valence-electron chi connectivity index (χ2n) is 10.1. The summed E-state index contributed by atoms with van der Waals surface area (Å²) in [7, 11) is 3.07. The highest BCUT2D eigenvalue weighted by molar-refractivity contribution is 5.98. The Kier molecular flexibility index (Phi) is 8.04. The van der Waals surface area contributed by atoms with E-state index in [2.05, 4.69) is 5.32 Å². The number of carbonyl (C=O) groups is 3. The number of nitrogens with zero attached hydrogens (tertiary/aromatic N) is 2. The predicted octanol–water partition coefficient (Wildman–Crippen LogP) is 2.47. The summed E-state index contributed by atoms with van der Waals surface area (Å²) in [6.45, 7) is 1.95. The molecule has 2 unspecified atom stereocenters. The van der Waals surface area contributed by atoms with E-state index in [9.17, 15) is 14.4 Å². The average Bonchev–Trinajstić information content (AvgIpc) is 3.64. The molecule has 3 aliphatic rings. The minimum atomic E-state index is -0.979. The molecule has 1 spiro atoms. The maximum absolute atomic E-state index is 13.8. The van der Waals surface area contributed by atoms with Gasteiger partial charge in [-0.2, -0.15) is 0 Å². The number of hydrogen-bond acceptors (Lipinski definition) is 7. The molecule has 208 valence electrons. The van der Waals surface area contributed by atoms with Crippen LogP contribution in [0.2, 0.25) is 0 Å². The number of carbonyl (C=O) groups excluding carboxylic acids is 3. The van der Waals surface area contributed by atoms with Crippen LogP contribution in [0.5, 0.6) is 11.5 Å². The van der Waals surface area contributed by atoms with Gasteiger partial charge in [0.2, 0.25) is 5.91 Å². The van der Waals surface area contributed by atoms with Gasteiger partial charge in [-0.25, -0.2) is 0 Å². The van der Waals surface area contributed by atoms with Gasteiger partial charge in [-0.1, -0.05) is 18.2 Å². The molecule has 2 aromatic carbocycles. The molecule has 5 rings (SSSR count). The summed E-state index contributed by atoms with van der Waals surface area (Å²) in [4.78, 5) is 43.8. The minimum absolute atomic E-state index is 0.00524. The molecule has 10 nitrogen and oxygen atoms in total. The highest BCUT2D eigenvalue weighted by Crippen LogP contribution is 2.39. The van der Waals surface area contributed by atoms with Crippen molar-refractivity contribution in [1.29, 1.82) is 0 Å². The lowest BCUT2D eigenvalue weighted by Crippen LogP contribution is -2.60. The number of nitrogens with one attached hydrogen (secondary N) is 1. The van der Waals surface area contributed by atoms with Crippen molar-refractivity contribution in [3.05, 3.63) is 59.7 Å². The Labute approximate surface area is 228 Å². The molecule has 0 aromatic heterocycles. The zero-order valence-electron chi connectivity index (χ0n) is 22.4. The summed E-state index contributed by atoms with van der Waals surface area (Å²) in [5.41, 5.74) is -0.00430. The van der Waals surface area contributed by atoms with Crippen LogP contribution in [0.4, 0.5) is 0 Å². The summed E-state index contributed by atoms with van der Waals surface area (Å²) in [5.74, 6) is 0.369. The van der Waals surface area contributed by atoms with Gasteiger partial charge in [0.15, 0.2) is 11.5 Å². The van der Waals surface area contributed by atoms with Crippen LogP contribution in [0, 0.1) is 0 Å². The van der Waals surface area contributed by atoms with E-state index >= 15 is 0 Å². The molecule has 39 heavy (non-hydrogen) atoms. The molecule has 3 saturated heterocycles. The largest absolute Gasteiger partial charge is 0.493 e. The maximum Gasteiger partial charge on any atom is 0.256 e. The van der Waals surface area contributed by atoms with Crippen LogP contribution in [-0.4, -0.2) is 92.5 Å². The second-order valence-corrected chi connectivity index (χ2v) is 10.1. The lowest BCUT2D eigenvalue weighted by Gasteiger charge is -2.44. The first-order chi connectivity index (χ1) is 19.0. The Morgan fingerprint density at radius 2 is 1.72 bits per heavy atom. The quantitative estimate of drug-likeness (QED) is 0.578. The number of piperidine rings is 1. The number of ether oxygens (including phenoxy) is 4. The molecule has 0 bridgehead atoms. The van der Waals surface area contributed by atoms with Crippen LogP contribution in [0.3, 0.4) is 0 Å². The Balaban J connectivity index is 1.33. The summed E-state index contributed by atoms with van der Waals surface area (Å²) in [6.07, 6.45) is 2.66. The van der Waals surface area contributed by atoms with Crippen LogP contribution in [0.25, 0.3) is 0 Å². The molecular weight excluding hydrogens is 502 g/mol. The van der Waals surface area contributed by atoms with E-state index in [1.54, 1.807) is 59.4 Å². The number of amides is 3. The Hall–Kier alpha value is -3.63. The fourth-order valence-corrected chi connectivity index (χ4v) is 5.64. The molecule has 0 radical (unpaired) electrons. The molecule has 3 aliphatic heterocycles. The normalized spacial score (nSPS) is 22.1. The van der Waals surface area contributed by atoms with E-state index in [-0.39, 0.29) is 30.4 Å². The van der Waals surface area contributed by atoms with Crippen molar-refractivity contribution in [3.8, 4) is 11.5 Å². The highest BCUT2D eigenvalue weighted by Gasteiger charge is 2.54. The smallest absolute Gasteiger partial charge is 0.256 e. The monoisotopic (exact) mass is 537 g/mol. The molecule has 0 aliphatic carbocycles. The lowest BCUT2D eigenvalue weighted by atomic mass is 9.96. The van der Waals surface area contributed by atoms with Gasteiger partial charge in [0.05, 0.1) is 26.9 Å². The fourth-order valence-electron chi connectivity index (χ4n) is 5.64. The van der Waals surface area contributed by atoms with Crippen LogP contribution in [-0.2, 0) is 14.3 Å². The van der Waals surface area contributed by atoms with Gasteiger partial charge in [0.25, 0.3) is 11.8 Å². The SMILES string of the molecule is COc1ccc(C(=O)N2CCC3(CC2)OCC(C(=O)NCC2CCCO2)N3C(=O)c2ccccc2)cc1OC. The number of benzene rings is 2. The van der Waals surface area contributed by atoms with E-state index in [1.807, 2.05) is 6.07 Å². The van der Waals surface area contributed by atoms with Gasteiger partial charge in [0, 0.05) is 50.2 Å². The second kappa shape index (κ2) is 11.6. The van der Waals surface area contributed by atoms with Gasteiger partial charge < -0.3 is 29.2 Å². The molecule has 3 heterocycles. The van der Waals surface area contributed by atoms with Gasteiger partial charge in [-0.05, 0) is 43.2 Å². The van der Waals surface area contributed by atoms with Crippen LogP contribution in [0.1, 0.15) is 46.4 Å². The average molecular weight is 538 g/mol. The summed E-state index contributed by atoms with van der Waals surface area (Å²) < 4.78 is 22.6. The number of rotatable bonds is 7.